The number of carbonyl (C=O) groups excluding carboxylic acids is 1. The van der Waals surface area contributed by atoms with Gasteiger partial charge in [-0.2, -0.15) is 13.2 Å². The first-order valence-corrected chi connectivity index (χ1v) is 8.78. The number of anilines is 1. The summed E-state index contributed by atoms with van der Waals surface area (Å²) in [4.78, 5) is 12.2. The molecule has 3 aromatic carbocycles. The van der Waals surface area contributed by atoms with Gasteiger partial charge in [0.05, 0.1) is 5.56 Å². The summed E-state index contributed by atoms with van der Waals surface area (Å²) in [5.41, 5.74) is -0.748. The van der Waals surface area contributed by atoms with Crippen LogP contribution < -0.4 is 10.1 Å². The normalized spacial score (nSPS) is 11.3. The number of benzene rings is 3. The fourth-order valence-corrected chi connectivity index (χ4v) is 2.74. The molecule has 8 heteroatoms. The molecule has 0 heterocycles. The Morgan fingerprint density at radius 3 is 2.23 bits per heavy atom. The van der Waals surface area contributed by atoms with Crippen LogP contribution in [0.4, 0.5) is 27.6 Å². The fourth-order valence-electron chi connectivity index (χ4n) is 2.74. The van der Waals surface area contributed by atoms with Crippen molar-refractivity contribution in [1.82, 2.24) is 0 Å². The second-order valence-electron chi connectivity index (χ2n) is 6.63. The van der Waals surface area contributed by atoms with Gasteiger partial charge in [-0.15, -0.1) is 0 Å². The lowest BCUT2D eigenvalue weighted by molar-refractivity contribution is -0.138. The third-order valence-corrected chi connectivity index (χ3v) is 4.29. The summed E-state index contributed by atoms with van der Waals surface area (Å²) in [7, 11) is 0. The third kappa shape index (κ3) is 4.59. The van der Waals surface area contributed by atoms with Crippen LogP contribution in [0.3, 0.4) is 0 Å². The van der Waals surface area contributed by atoms with E-state index >= 15 is 0 Å². The van der Waals surface area contributed by atoms with E-state index in [2.05, 4.69) is 5.32 Å². The van der Waals surface area contributed by atoms with Gasteiger partial charge in [0, 0.05) is 5.69 Å². The molecule has 0 unspecified atom stereocenters. The Balaban J connectivity index is 1.79. The Kier molecular flexibility index (Phi) is 5.78. The molecule has 0 aliphatic carbocycles. The van der Waals surface area contributed by atoms with E-state index in [1.54, 1.807) is 6.92 Å². The van der Waals surface area contributed by atoms with Gasteiger partial charge in [0.1, 0.15) is 28.7 Å². The minimum Gasteiger partial charge on any atom is -0.457 e. The topological polar surface area (TPSA) is 38.3 Å². The van der Waals surface area contributed by atoms with Crippen LogP contribution in [-0.4, -0.2) is 5.91 Å². The van der Waals surface area contributed by atoms with Crippen molar-refractivity contribution >= 4 is 11.6 Å². The van der Waals surface area contributed by atoms with Crippen LogP contribution in [-0.2, 0) is 6.18 Å². The highest BCUT2D eigenvalue weighted by molar-refractivity contribution is 6.04. The fraction of sp³-hybridized carbons (Fsp3) is 0.136. The Hall–Kier alpha value is -3.42. The summed E-state index contributed by atoms with van der Waals surface area (Å²) >= 11 is 0. The SMILES string of the molecule is Cc1ccc(C(F)(F)F)c(Oc2ccc(NC(=O)c3c(F)ccc(C)c3F)cc2)c1. The molecule has 3 aromatic rings. The summed E-state index contributed by atoms with van der Waals surface area (Å²) in [6.45, 7) is 3.04. The standard InChI is InChI=1S/C22H16F5NO2/c1-12-3-9-16(22(25,26)27)18(11-12)30-15-7-5-14(6-8-15)28-21(29)19-17(23)10-4-13(2)20(19)24/h3-11H,1-2H3,(H,28,29). The van der Waals surface area contributed by atoms with Crippen molar-refractivity contribution in [2.24, 2.45) is 0 Å². The van der Waals surface area contributed by atoms with Crippen molar-refractivity contribution in [2.45, 2.75) is 20.0 Å². The van der Waals surface area contributed by atoms with Crippen molar-refractivity contribution in [3.8, 4) is 11.5 Å². The lowest BCUT2D eigenvalue weighted by Crippen LogP contribution is -2.16. The number of hydrogen-bond donors (Lipinski definition) is 1. The molecule has 30 heavy (non-hydrogen) atoms. The molecule has 1 amide bonds. The predicted molar refractivity (Wildman–Crippen MR) is 102 cm³/mol. The van der Waals surface area contributed by atoms with Gasteiger partial charge in [0.15, 0.2) is 0 Å². The molecule has 3 rings (SSSR count). The van der Waals surface area contributed by atoms with Crippen molar-refractivity contribution in [3.63, 3.8) is 0 Å². The monoisotopic (exact) mass is 421 g/mol. The Bertz CT molecular complexity index is 1090. The van der Waals surface area contributed by atoms with E-state index in [0.29, 0.717) is 5.56 Å². The molecular weight excluding hydrogens is 405 g/mol. The van der Waals surface area contributed by atoms with Crippen LogP contribution >= 0.6 is 0 Å². The van der Waals surface area contributed by atoms with Gasteiger partial charge in [0.25, 0.3) is 5.91 Å². The first-order valence-electron chi connectivity index (χ1n) is 8.78. The van der Waals surface area contributed by atoms with Crippen LogP contribution in [0.5, 0.6) is 11.5 Å². The number of ether oxygens (including phenoxy) is 1. The summed E-state index contributed by atoms with van der Waals surface area (Å²) < 4.78 is 72.8. The molecule has 1 N–H and O–H groups in total. The average Bonchev–Trinajstić information content (AvgIpc) is 2.66. The van der Waals surface area contributed by atoms with E-state index < -0.39 is 34.8 Å². The minimum atomic E-state index is -4.58. The highest BCUT2D eigenvalue weighted by Crippen LogP contribution is 2.38. The molecule has 3 nitrogen and oxygen atoms in total. The van der Waals surface area contributed by atoms with Crippen LogP contribution in [0.15, 0.2) is 54.6 Å². The highest BCUT2D eigenvalue weighted by Gasteiger charge is 2.34. The molecule has 0 spiro atoms. The molecule has 0 fully saturated rings. The van der Waals surface area contributed by atoms with Gasteiger partial charge in [-0.25, -0.2) is 8.78 Å². The van der Waals surface area contributed by atoms with Crippen molar-refractivity contribution in [2.75, 3.05) is 5.32 Å². The lowest BCUT2D eigenvalue weighted by Gasteiger charge is -2.15. The van der Waals surface area contributed by atoms with E-state index in [4.69, 9.17) is 4.74 Å². The maximum Gasteiger partial charge on any atom is 0.419 e. The zero-order valence-electron chi connectivity index (χ0n) is 15.9. The maximum atomic E-state index is 14.1. The Morgan fingerprint density at radius 2 is 1.60 bits per heavy atom. The quantitative estimate of drug-likeness (QED) is 0.479. The molecule has 0 saturated heterocycles. The first-order chi connectivity index (χ1) is 14.1. The molecule has 0 bridgehead atoms. The Morgan fingerprint density at radius 1 is 0.933 bits per heavy atom. The number of hydrogen-bond acceptors (Lipinski definition) is 2. The zero-order chi connectivity index (χ0) is 22.1. The number of nitrogens with one attached hydrogen (secondary N) is 1. The smallest absolute Gasteiger partial charge is 0.419 e. The van der Waals surface area contributed by atoms with Gasteiger partial charge < -0.3 is 10.1 Å². The average molecular weight is 421 g/mol. The summed E-state index contributed by atoms with van der Waals surface area (Å²) in [6, 6.07) is 11.1. The van der Waals surface area contributed by atoms with Gasteiger partial charge >= 0.3 is 6.18 Å². The van der Waals surface area contributed by atoms with E-state index in [-0.39, 0.29) is 22.7 Å². The number of amides is 1. The van der Waals surface area contributed by atoms with Gasteiger partial charge in [0.2, 0.25) is 0 Å². The van der Waals surface area contributed by atoms with Crippen LogP contribution in [0.2, 0.25) is 0 Å². The maximum absolute atomic E-state index is 14.1. The van der Waals surface area contributed by atoms with Crippen LogP contribution in [0, 0.1) is 25.5 Å². The van der Waals surface area contributed by atoms with E-state index in [1.807, 2.05) is 0 Å². The molecule has 0 aromatic heterocycles. The number of halogens is 5. The molecule has 0 atom stereocenters. The number of carbonyl (C=O) groups is 1. The van der Waals surface area contributed by atoms with Crippen LogP contribution in [0.1, 0.15) is 27.0 Å². The van der Waals surface area contributed by atoms with Crippen molar-refractivity contribution in [1.29, 1.82) is 0 Å². The van der Waals surface area contributed by atoms with E-state index in [0.717, 1.165) is 12.1 Å². The number of alkyl halides is 3. The summed E-state index contributed by atoms with van der Waals surface area (Å²) in [5.74, 6) is -3.22. The van der Waals surface area contributed by atoms with Gasteiger partial charge in [-0.1, -0.05) is 12.1 Å². The lowest BCUT2D eigenvalue weighted by atomic mass is 10.1. The molecular formula is C22H16F5NO2. The Labute approximate surface area is 169 Å². The second kappa shape index (κ2) is 8.14. The van der Waals surface area contributed by atoms with Crippen molar-refractivity contribution < 1.29 is 31.5 Å². The minimum absolute atomic E-state index is 0.0945. The third-order valence-electron chi connectivity index (χ3n) is 4.29. The highest BCUT2D eigenvalue weighted by atomic mass is 19.4. The van der Waals surface area contributed by atoms with Crippen molar-refractivity contribution in [3.05, 3.63) is 88.5 Å². The number of rotatable bonds is 4. The zero-order valence-corrected chi connectivity index (χ0v) is 15.9. The number of aryl methyl sites for hydroxylation is 2. The van der Waals surface area contributed by atoms with Gasteiger partial charge in [-0.3, -0.25) is 4.79 Å². The molecule has 0 saturated carbocycles. The molecule has 0 aliphatic rings. The summed E-state index contributed by atoms with van der Waals surface area (Å²) in [6.07, 6.45) is -4.58. The predicted octanol–water partition coefficient (Wildman–Crippen LogP) is 6.65. The van der Waals surface area contributed by atoms with Gasteiger partial charge in [-0.05, 0) is 67.4 Å². The first kappa shape index (κ1) is 21.3. The van der Waals surface area contributed by atoms with E-state index in [9.17, 15) is 26.7 Å². The molecule has 0 radical (unpaired) electrons. The summed E-state index contributed by atoms with van der Waals surface area (Å²) in [5, 5.41) is 2.35. The second-order valence-corrected chi connectivity index (χ2v) is 6.63. The largest absolute Gasteiger partial charge is 0.457 e. The molecule has 156 valence electrons. The van der Waals surface area contributed by atoms with Crippen LogP contribution in [0.25, 0.3) is 0 Å². The molecule has 0 aliphatic heterocycles. The van der Waals surface area contributed by atoms with E-state index in [1.165, 1.54) is 49.4 Å².